The first kappa shape index (κ1) is 15.0. The van der Waals surface area contributed by atoms with Gasteiger partial charge in [0.1, 0.15) is 5.69 Å². The minimum Gasteiger partial charge on any atom is -0.381 e. The summed E-state index contributed by atoms with van der Waals surface area (Å²) in [5, 5.41) is 4.34. The SMILES string of the molecule is CCc1cc(C(=O)N2CCC(OC)CC2CN)n(C)n1. The van der Waals surface area contributed by atoms with E-state index < -0.39 is 0 Å². The molecule has 0 bridgehead atoms. The first-order valence-corrected chi connectivity index (χ1v) is 7.17. The molecule has 1 aromatic rings. The molecule has 0 aliphatic carbocycles. The van der Waals surface area contributed by atoms with E-state index in [1.54, 1.807) is 11.8 Å². The summed E-state index contributed by atoms with van der Waals surface area (Å²) < 4.78 is 7.05. The number of hydrogen-bond acceptors (Lipinski definition) is 4. The number of carbonyl (C=O) groups is 1. The molecular formula is C14H24N4O2. The van der Waals surface area contributed by atoms with Crippen LogP contribution in [0.15, 0.2) is 6.07 Å². The zero-order valence-corrected chi connectivity index (χ0v) is 12.5. The first-order valence-electron chi connectivity index (χ1n) is 7.17. The Morgan fingerprint density at radius 1 is 1.60 bits per heavy atom. The van der Waals surface area contributed by atoms with Crippen LogP contribution in [0.1, 0.15) is 35.9 Å². The van der Waals surface area contributed by atoms with E-state index in [4.69, 9.17) is 10.5 Å². The molecule has 1 fully saturated rings. The predicted octanol–water partition coefficient (Wildman–Crippen LogP) is 0.561. The van der Waals surface area contributed by atoms with Gasteiger partial charge in [-0.3, -0.25) is 9.48 Å². The van der Waals surface area contributed by atoms with Gasteiger partial charge < -0.3 is 15.4 Å². The zero-order chi connectivity index (χ0) is 14.7. The van der Waals surface area contributed by atoms with Gasteiger partial charge in [0.05, 0.1) is 11.8 Å². The Morgan fingerprint density at radius 3 is 2.90 bits per heavy atom. The lowest BCUT2D eigenvalue weighted by molar-refractivity contribution is 0.0134. The molecule has 0 radical (unpaired) electrons. The molecule has 2 unspecified atom stereocenters. The van der Waals surface area contributed by atoms with Crippen molar-refractivity contribution in [2.75, 3.05) is 20.2 Å². The Labute approximate surface area is 119 Å². The average molecular weight is 280 g/mol. The lowest BCUT2D eigenvalue weighted by Crippen LogP contribution is -2.51. The number of hydrogen-bond donors (Lipinski definition) is 1. The van der Waals surface area contributed by atoms with Crippen molar-refractivity contribution in [2.45, 2.75) is 38.3 Å². The summed E-state index contributed by atoms with van der Waals surface area (Å²) in [6, 6.07) is 1.92. The molecule has 0 spiro atoms. The van der Waals surface area contributed by atoms with Crippen LogP contribution in [0.5, 0.6) is 0 Å². The van der Waals surface area contributed by atoms with E-state index in [2.05, 4.69) is 5.10 Å². The molecule has 0 aromatic carbocycles. The second-order valence-corrected chi connectivity index (χ2v) is 5.27. The van der Waals surface area contributed by atoms with E-state index in [9.17, 15) is 4.79 Å². The maximum Gasteiger partial charge on any atom is 0.272 e. The van der Waals surface area contributed by atoms with Gasteiger partial charge in [-0.2, -0.15) is 5.10 Å². The topological polar surface area (TPSA) is 73.4 Å². The minimum atomic E-state index is 0.0182. The van der Waals surface area contributed by atoms with Crippen molar-refractivity contribution in [1.82, 2.24) is 14.7 Å². The Bertz CT molecular complexity index is 472. The van der Waals surface area contributed by atoms with Crippen molar-refractivity contribution in [1.29, 1.82) is 0 Å². The van der Waals surface area contributed by atoms with Crippen LogP contribution in [0, 0.1) is 0 Å². The first-order chi connectivity index (χ1) is 9.60. The maximum absolute atomic E-state index is 12.7. The molecular weight excluding hydrogens is 256 g/mol. The second-order valence-electron chi connectivity index (χ2n) is 5.27. The van der Waals surface area contributed by atoms with Crippen LogP contribution in [-0.4, -0.2) is 52.9 Å². The third-order valence-corrected chi connectivity index (χ3v) is 4.05. The molecule has 1 aliphatic heterocycles. The van der Waals surface area contributed by atoms with Gasteiger partial charge in [-0.25, -0.2) is 0 Å². The number of likely N-dealkylation sites (tertiary alicyclic amines) is 1. The van der Waals surface area contributed by atoms with Crippen LogP contribution in [-0.2, 0) is 18.2 Å². The maximum atomic E-state index is 12.7. The molecule has 6 heteroatoms. The van der Waals surface area contributed by atoms with Crippen molar-refractivity contribution in [3.05, 3.63) is 17.5 Å². The predicted molar refractivity (Wildman–Crippen MR) is 76.5 cm³/mol. The Hall–Kier alpha value is -1.40. The number of aryl methyl sites for hydroxylation is 2. The highest BCUT2D eigenvalue weighted by atomic mass is 16.5. The molecule has 1 amide bonds. The lowest BCUT2D eigenvalue weighted by Gasteiger charge is -2.38. The second kappa shape index (κ2) is 6.37. The molecule has 1 aliphatic rings. The Balaban J connectivity index is 2.17. The van der Waals surface area contributed by atoms with E-state index >= 15 is 0 Å². The minimum absolute atomic E-state index is 0.0182. The average Bonchev–Trinajstić information content (AvgIpc) is 2.86. The highest BCUT2D eigenvalue weighted by Gasteiger charge is 2.32. The quantitative estimate of drug-likeness (QED) is 0.874. The Morgan fingerprint density at radius 2 is 2.35 bits per heavy atom. The summed E-state index contributed by atoms with van der Waals surface area (Å²) in [5.41, 5.74) is 7.40. The van der Waals surface area contributed by atoms with Crippen LogP contribution in [0.4, 0.5) is 0 Å². The fraction of sp³-hybridized carbons (Fsp3) is 0.714. The number of rotatable bonds is 4. The molecule has 112 valence electrons. The summed E-state index contributed by atoms with van der Waals surface area (Å²) in [4.78, 5) is 14.5. The monoisotopic (exact) mass is 280 g/mol. The fourth-order valence-electron chi connectivity index (χ4n) is 2.77. The van der Waals surface area contributed by atoms with Crippen LogP contribution in [0.2, 0.25) is 0 Å². The van der Waals surface area contributed by atoms with Crippen LogP contribution in [0.3, 0.4) is 0 Å². The summed E-state index contributed by atoms with van der Waals surface area (Å²) in [6.45, 7) is 3.18. The van der Waals surface area contributed by atoms with E-state index in [1.165, 1.54) is 0 Å². The number of amides is 1. The molecule has 20 heavy (non-hydrogen) atoms. The number of ether oxygens (including phenoxy) is 1. The van der Waals surface area contributed by atoms with Gasteiger partial charge in [0.25, 0.3) is 5.91 Å². The van der Waals surface area contributed by atoms with Gasteiger partial charge in [0.2, 0.25) is 0 Å². The third-order valence-electron chi connectivity index (χ3n) is 4.05. The summed E-state index contributed by atoms with van der Waals surface area (Å²) in [7, 11) is 3.52. The van der Waals surface area contributed by atoms with E-state index in [1.807, 2.05) is 24.9 Å². The van der Waals surface area contributed by atoms with Crippen LogP contribution in [0.25, 0.3) is 0 Å². The van der Waals surface area contributed by atoms with Gasteiger partial charge in [0, 0.05) is 33.3 Å². The fourth-order valence-corrected chi connectivity index (χ4v) is 2.77. The van der Waals surface area contributed by atoms with Crippen molar-refractivity contribution in [2.24, 2.45) is 12.8 Å². The van der Waals surface area contributed by atoms with E-state index in [-0.39, 0.29) is 18.1 Å². The van der Waals surface area contributed by atoms with Gasteiger partial charge in [-0.15, -0.1) is 0 Å². The number of aromatic nitrogens is 2. The van der Waals surface area contributed by atoms with Gasteiger partial charge in [-0.1, -0.05) is 6.92 Å². The zero-order valence-electron chi connectivity index (χ0n) is 12.5. The number of carbonyl (C=O) groups excluding carboxylic acids is 1. The van der Waals surface area contributed by atoms with E-state index in [0.29, 0.717) is 18.8 Å². The van der Waals surface area contributed by atoms with Gasteiger partial charge in [0.15, 0.2) is 0 Å². The standard InChI is InChI=1S/C14H24N4O2/c1-4-10-7-13(17(2)16-10)14(19)18-6-5-12(20-3)8-11(18)9-15/h7,11-12H,4-6,8-9,15H2,1-3H3. The smallest absolute Gasteiger partial charge is 0.272 e. The van der Waals surface area contributed by atoms with Crippen LogP contribution < -0.4 is 5.73 Å². The highest BCUT2D eigenvalue weighted by molar-refractivity contribution is 5.93. The largest absolute Gasteiger partial charge is 0.381 e. The number of nitrogens with zero attached hydrogens (tertiary/aromatic N) is 3. The van der Waals surface area contributed by atoms with Crippen molar-refractivity contribution in [3.63, 3.8) is 0 Å². The molecule has 2 rings (SSSR count). The van der Waals surface area contributed by atoms with Crippen molar-refractivity contribution >= 4 is 5.91 Å². The number of piperidine rings is 1. The summed E-state index contributed by atoms with van der Waals surface area (Å²) in [5.74, 6) is 0.0182. The van der Waals surface area contributed by atoms with E-state index in [0.717, 1.165) is 25.0 Å². The molecule has 2 atom stereocenters. The highest BCUT2D eigenvalue weighted by Crippen LogP contribution is 2.21. The molecule has 2 N–H and O–H groups in total. The van der Waals surface area contributed by atoms with Gasteiger partial charge in [-0.05, 0) is 25.3 Å². The van der Waals surface area contributed by atoms with Gasteiger partial charge >= 0.3 is 0 Å². The lowest BCUT2D eigenvalue weighted by atomic mass is 9.99. The Kier molecular flexibility index (Phi) is 4.77. The normalized spacial score (nSPS) is 23.1. The number of methoxy groups -OCH3 is 1. The molecule has 1 saturated heterocycles. The number of nitrogens with two attached hydrogens (primary N) is 1. The van der Waals surface area contributed by atoms with Crippen LogP contribution >= 0.6 is 0 Å². The molecule has 1 aromatic heterocycles. The summed E-state index contributed by atoms with van der Waals surface area (Å²) in [6.07, 6.45) is 2.69. The third kappa shape index (κ3) is 2.86. The molecule has 6 nitrogen and oxygen atoms in total. The molecule has 2 heterocycles. The molecule has 0 saturated carbocycles. The summed E-state index contributed by atoms with van der Waals surface area (Å²) >= 11 is 0. The van der Waals surface area contributed by atoms with Crippen molar-refractivity contribution < 1.29 is 9.53 Å². The van der Waals surface area contributed by atoms with Crippen molar-refractivity contribution in [3.8, 4) is 0 Å².